The highest BCUT2D eigenvalue weighted by Gasteiger charge is 2.41. The smallest absolute Gasteiger partial charge is 0.101 e. The minimum absolute atomic E-state index is 0.0320. The van der Waals surface area contributed by atoms with Crippen molar-refractivity contribution in [3.8, 4) is 17.3 Å². The van der Waals surface area contributed by atoms with Crippen molar-refractivity contribution in [1.82, 2.24) is 14.5 Å². The summed E-state index contributed by atoms with van der Waals surface area (Å²) in [7, 11) is 0. The van der Waals surface area contributed by atoms with E-state index in [-0.39, 0.29) is 12.0 Å². The van der Waals surface area contributed by atoms with E-state index in [0.29, 0.717) is 11.3 Å². The van der Waals surface area contributed by atoms with E-state index in [1.807, 2.05) is 30.7 Å². The third-order valence-corrected chi connectivity index (χ3v) is 5.49. The Kier molecular flexibility index (Phi) is 3.03. The molecule has 3 atom stereocenters. The molecule has 0 bridgehead atoms. The molecule has 5 rings (SSSR count). The standard InChI is InChI=1S/C20H16N4O/c21-8-12-7-13-5-6-16(20(25)18(13)23-9-12)19-15-4-2-1-3-14(15)17-10-22-11-24(17)19/h1-4,7,9-11,16,19-20,25H,5-6H2/t16-,19+,20+/m1/s1. The number of pyridine rings is 1. The van der Waals surface area contributed by atoms with Crippen LogP contribution in [0.2, 0.25) is 0 Å². The average Bonchev–Trinajstić information content (AvgIpc) is 3.23. The fourth-order valence-electron chi connectivity index (χ4n) is 4.37. The summed E-state index contributed by atoms with van der Waals surface area (Å²) in [6.07, 6.45) is 6.32. The number of aliphatic hydroxyl groups excluding tert-OH is 1. The number of imidazole rings is 1. The first-order chi connectivity index (χ1) is 12.3. The van der Waals surface area contributed by atoms with Crippen LogP contribution in [0, 0.1) is 17.2 Å². The van der Waals surface area contributed by atoms with Crippen LogP contribution in [0.5, 0.6) is 0 Å². The first-order valence-corrected chi connectivity index (χ1v) is 8.46. The average molecular weight is 328 g/mol. The van der Waals surface area contributed by atoms with Crippen LogP contribution >= 0.6 is 0 Å². The largest absolute Gasteiger partial charge is 0.386 e. The highest BCUT2D eigenvalue weighted by molar-refractivity contribution is 5.69. The second kappa shape index (κ2) is 5.27. The highest BCUT2D eigenvalue weighted by Crippen LogP contribution is 2.49. The first-order valence-electron chi connectivity index (χ1n) is 8.46. The molecular formula is C20H16N4O. The lowest BCUT2D eigenvalue weighted by Gasteiger charge is -2.34. The lowest BCUT2D eigenvalue weighted by molar-refractivity contribution is 0.0679. The zero-order valence-corrected chi connectivity index (χ0v) is 13.5. The second-order valence-corrected chi connectivity index (χ2v) is 6.75. The van der Waals surface area contributed by atoms with Gasteiger partial charge in [0, 0.05) is 17.7 Å². The van der Waals surface area contributed by atoms with Gasteiger partial charge in [-0.05, 0) is 30.0 Å². The van der Waals surface area contributed by atoms with Crippen molar-refractivity contribution in [1.29, 1.82) is 5.26 Å². The maximum Gasteiger partial charge on any atom is 0.101 e. The van der Waals surface area contributed by atoms with E-state index in [4.69, 9.17) is 5.26 Å². The summed E-state index contributed by atoms with van der Waals surface area (Å²) < 4.78 is 2.17. The van der Waals surface area contributed by atoms with Crippen LogP contribution < -0.4 is 0 Å². The molecule has 3 aromatic rings. The van der Waals surface area contributed by atoms with Crippen LogP contribution in [-0.2, 0) is 6.42 Å². The SMILES string of the molecule is N#Cc1cnc2c(c1)CC[C@H]([C@@H]1c3ccccc3-c3cncn31)[C@@H]2O. The number of fused-ring (bicyclic) bond motifs is 4. The molecule has 5 nitrogen and oxygen atoms in total. The van der Waals surface area contributed by atoms with Gasteiger partial charge >= 0.3 is 0 Å². The van der Waals surface area contributed by atoms with Gasteiger partial charge in [-0.1, -0.05) is 24.3 Å². The first kappa shape index (κ1) is 14.4. The summed E-state index contributed by atoms with van der Waals surface area (Å²) in [6.45, 7) is 0. The van der Waals surface area contributed by atoms with Crippen molar-refractivity contribution in [2.45, 2.75) is 25.0 Å². The Morgan fingerprint density at radius 1 is 1.24 bits per heavy atom. The molecule has 0 saturated carbocycles. The van der Waals surface area contributed by atoms with Crippen LogP contribution in [0.1, 0.15) is 41.0 Å². The summed E-state index contributed by atoms with van der Waals surface area (Å²) in [6, 6.07) is 12.4. The number of hydrogen-bond donors (Lipinski definition) is 1. The fourth-order valence-corrected chi connectivity index (χ4v) is 4.37. The molecule has 0 unspecified atom stereocenters. The van der Waals surface area contributed by atoms with Gasteiger partial charge in [-0.2, -0.15) is 5.26 Å². The number of aliphatic hydroxyl groups is 1. The summed E-state index contributed by atoms with van der Waals surface area (Å²) in [5.41, 5.74) is 5.77. The van der Waals surface area contributed by atoms with Crippen molar-refractivity contribution < 1.29 is 5.11 Å². The molecule has 1 N–H and O–H groups in total. The van der Waals surface area contributed by atoms with Crippen molar-refractivity contribution in [2.75, 3.05) is 0 Å². The monoisotopic (exact) mass is 328 g/mol. The minimum atomic E-state index is -0.650. The number of aromatic nitrogens is 3. The molecule has 0 spiro atoms. The summed E-state index contributed by atoms with van der Waals surface area (Å²) in [5, 5.41) is 20.1. The Bertz CT molecular complexity index is 1020. The molecule has 0 fully saturated rings. The van der Waals surface area contributed by atoms with Crippen molar-refractivity contribution in [2.24, 2.45) is 5.92 Å². The van der Waals surface area contributed by atoms with Gasteiger partial charge < -0.3 is 9.67 Å². The van der Waals surface area contributed by atoms with Crippen molar-refractivity contribution in [3.05, 3.63) is 71.4 Å². The van der Waals surface area contributed by atoms with E-state index in [9.17, 15) is 5.11 Å². The number of nitrogens with zero attached hydrogens (tertiary/aromatic N) is 4. The molecule has 1 aliphatic carbocycles. The third-order valence-electron chi connectivity index (χ3n) is 5.49. The molecular weight excluding hydrogens is 312 g/mol. The van der Waals surface area contributed by atoms with E-state index in [1.54, 1.807) is 6.20 Å². The Hall–Kier alpha value is -2.97. The van der Waals surface area contributed by atoms with Crippen LogP contribution in [-0.4, -0.2) is 19.6 Å². The van der Waals surface area contributed by atoms with E-state index in [2.05, 4.69) is 32.7 Å². The molecule has 1 aliphatic heterocycles. The van der Waals surface area contributed by atoms with Crippen LogP contribution in [0.15, 0.2) is 49.1 Å². The maximum atomic E-state index is 11.1. The molecule has 5 heteroatoms. The molecule has 0 amide bonds. The molecule has 2 aromatic heterocycles. The maximum absolute atomic E-state index is 11.1. The lowest BCUT2D eigenvalue weighted by atomic mass is 9.77. The second-order valence-electron chi connectivity index (χ2n) is 6.75. The Morgan fingerprint density at radius 2 is 2.12 bits per heavy atom. The van der Waals surface area contributed by atoms with Gasteiger partial charge in [0.1, 0.15) is 12.2 Å². The number of benzene rings is 1. The van der Waals surface area contributed by atoms with Crippen molar-refractivity contribution in [3.63, 3.8) is 0 Å². The van der Waals surface area contributed by atoms with Gasteiger partial charge in [0.15, 0.2) is 0 Å². The lowest BCUT2D eigenvalue weighted by Crippen LogP contribution is -2.29. The summed E-state index contributed by atoms with van der Waals surface area (Å²) in [5.74, 6) is 0.0320. The Morgan fingerprint density at radius 3 is 3.00 bits per heavy atom. The Balaban J connectivity index is 1.60. The topological polar surface area (TPSA) is 74.7 Å². The van der Waals surface area contributed by atoms with Crippen LogP contribution in [0.3, 0.4) is 0 Å². The minimum Gasteiger partial charge on any atom is -0.386 e. The van der Waals surface area contributed by atoms with E-state index < -0.39 is 6.10 Å². The molecule has 25 heavy (non-hydrogen) atoms. The highest BCUT2D eigenvalue weighted by atomic mass is 16.3. The van der Waals surface area contributed by atoms with E-state index in [0.717, 1.165) is 24.1 Å². The number of aryl methyl sites for hydroxylation is 1. The molecule has 2 aliphatic rings. The van der Waals surface area contributed by atoms with Crippen LogP contribution in [0.4, 0.5) is 0 Å². The quantitative estimate of drug-likeness (QED) is 0.745. The van der Waals surface area contributed by atoms with Gasteiger partial charge in [0.05, 0.1) is 35.5 Å². The van der Waals surface area contributed by atoms with Gasteiger partial charge in [-0.25, -0.2) is 4.98 Å². The van der Waals surface area contributed by atoms with E-state index in [1.165, 1.54) is 11.1 Å². The zero-order valence-electron chi connectivity index (χ0n) is 13.5. The van der Waals surface area contributed by atoms with E-state index >= 15 is 0 Å². The molecule has 3 heterocycles. The third kappa shape index (κ3) is 1.98. The van der Waals surface area contributed by atoms with Gasteiger partial charge in [0.2, 0.25) is 0 Å². The molecule has 1 aromatic carbocycles. The molecule has 0 radical (unpaired) electrons. The normalized spacial score (nSPS) is 23.4. The summed E-state index contributed by atoms with van der Waals surface area (Å²) in [4.78, 5) is 8.70. The number of nitriles is 1. The fraction of sp³-hybridized carbons (Fsp3) is 0.250. The van der Waals surface area contributed by atoms with Crippen LogP contribution in [0.25, 0.3) is 11.3 Å². The van der Waals surface area contributed by atoms with Gasteiger partial charge in [-0.15, -0.1) is 0 Å². The van der Waals surface area contributed by atoms with Crippen molar-refractivity contribution >= 4 is 0 Å². The number of rotatable bonds is 1. The Labute approximate surface area is 145 Å². The zero-order chi connectivity index (χ0) is 17.0. The predicted octanol–water partition coefficient (Wildman–Crippen LogP) is 3.02. The molecule has 122 valence electrons. The molecule has 0 saturated heterocycles. The summed E-state index contributed by atoms with van der Waals surface area (Å²) >= 11 is 0. The van der Waals surface area contributed by atoms with Gasteiger partial charge in [0.25, 0.3) is 0 Å². The van der Waals surface area contributed by atoms with Gasteiger partial charge in [-0.3, -0.25) is 4.98 Å². The predicted molar refractivity (Wildman–Crippen MR) is 91.5 cm³/mol. The number of hydrogen-bond acceptors (Lipinski definition) is 4.